The van der Waals surface area contributed by atoms with Crippen LogP contribution in [0, 0.1) is 0 Å². The number of aromatic nitrogens is 2. The van der Waals surface area contributed by atoms with E-state index in [1.165, 1.54) is 0 Å². The van der Waals surface area contributed by atoms with Crippen molar-refractivity contribution in [1.82, 2.24) is 15.5 Å². The molecule has 0 spiro atoms. The molecule has 0 bridgehead atoms. The zero-order chi connectivity index (χ0) is 19.3. The van der Waals surface area contributed by atoms with Crippen LogP contribution in [0.1, 0.15) is 61.8 Å². The summed E-state index contributed by atoms with van der Waals surface area (Å²) in [4.78, 5) is 16.7. The molecule has 0 radical (unpaired) electrons. The van der Waals surface area contributed by atoms with Crippen molar-refractivity contribution in [2.45, 2.75) is 64.6 Å². The van der Waals surface area contributed by atoms with Gasteiger partial charge in [-0.3, -0.25) is 4.79 Å². The lowest BCUT2D eigenvalue weighted by atomic mass is 9.94. The largest absolute Gasteiger partial charge is 0.375 e. The molecule has 1 atom stereocenters. The highest BCUT2D eigenvalue weighted by atomic mass is 16.5. The van der Waals surface area contributed by atoms with E-state index in [0.29, 0.717) is 23.9 Å². The number of nitrogens with zero attached hydrogens (tertiary/aromatic N) is 2. The Bertz CT molecular complexity index is 755. The Hall–Kier alpha value is -2.41. The summed E-state index contributed by atoms with van der Waals surface area (Å²) in [6.45, 7) is 7.34. The average Bonchev–Trinajstić information content (AvgIpc) is 3.07. The second-order valence-corrected chi connectivity index (χ2v) is 7.59. The number of carbonyl (C=O) groups is 1. The lowest BCUT2D eigenvalue weighted by Gasteiger charge is -2.36. The van der Waals surface area contributed by atoms with E-state index in [1.54, 1.807) is 12.3 Å². The fourth-order valence-electron chi connectivity index (χ4n) is 3.26. The molecule has 3 rings (SSSR count). The van der Waals surface area contributed by atoms with Crippen LogP contribution in [0.3, 0.4) is 0 Å². The summed E-state index contributed by atoms with van der Waals surface area (Å²) < 4.78 is 11.0. The molecule has 0 unspecified atom stereocenters. The fourth-order valence-corrected chi connectivity index (χ4v) is 3.26. The number of ether oxygens (including phenoxy) is 1. The molecule has 27 heavy (non-hydrogen) atoms. The van der Waals surface area contributed by atoms with Gasteiger partial charge in [-0.05, 0) is 45.2 Å². The Morgan fingerprint density at radius 1 is 1.37 bits per heavy atom. The fraction of sp³-hybridized carbons (Fsp3) is 0.550. The van der Waals surface area contributed by atoms with Crippen LogP contribution in [-0.2, 0) is 17.7 Å². The van der Waals surface area contributed by atoms with E-state index in [0.717, 1.165) is 43.8 Å². The number of carbonyl (C=O) groups excluding carboxylic acids is 1. The van der Waals surface area contributed by atoms with Gasteiger partial charge < -0.3 is 19.9 Å². The van der Waals surface area contributed by atoms with Crippen LogP contribution < -0.4 is 10.6 Å². The van der Waals surface area contributed by atoms with Gasteiger partial charge in [-0.1, -0.05) is 18.5 Å². The number of aryl methyl sites for hydroxylation is 1. The van der Waals surface area contributed by atoms with E-state index in [-0.39, 0.29) is 11.5 Å². The molecule has 2 aromatic rings. The summed E-state index contributed by atoms with van der Waals surface area (Å²) in [5, 5.41) is 10.2. The zero-order valence-electron chi connectivity index (χ0n) is 16.2. The molecule has 2 aromatic heterocycles. The molecule has 0 aromatic carbocycles. The molecule has 0 aliphatic carbocycles. The monoisotopic (exact) mass is 372 g/mol. The molecule has 1 saturated heterocycles. The number of nitrogens with one attached hydrogen (secondary N) is 2. The molecule has 3 heterocycles. The predicted molar refractivity (Wildman–Crippen MR) is 103 cm³/mol. The maximum atomic E-state index is 12.3. The molecular weight excluding hydrogens is 344 g/mol. The molecule has 1 aliphatic heterocycles. The van der Waals surface area contributed by atoms with Crippen LogP contribution in [0.5, 0.6) is 0 Å². The second-order valence-electron chi connectivity index (χ2n) is 7.59. The number of pyridine rings is 1. The van der Waals surface area contributed by atoms with Crippen LogP contribution in [-0.4, -0.2) is 34.3 Å². The number of anilines is 1. The van der Waals surface area contributed by atoms with Crippen LogP contribution in [0.25, 0.3) is 0 Å². The molecule has 146 valence electrons. The second kappa shape index (κ2) is 8.52. The van der Waals surface area contributed by atoms with E-state index in [9.17, 15) is 4.79 Å². The van der Waals surface area contributed by atoms with Gasteiger partial charge in [0.15, 0.2) is 5.76 Å². The summed E-state index contributed by atoms with van der Waals surface area (Å²) >= 11 is 0. The van der Waals surface area contributed by atoms with E-state index in [1.807, 2.05) is 12.1 Å². The molecule has 7 nitrogen and oxygen atoms in total. The van der Waals surface area contributed by atoms with E-state index >= 15 is 0 Å². The molecular formula is C20H28N4O3. The van der Waals surface area contributed by atoms with Crippen LogP contribution in [0.15, 0.2) is 28.9 Å². The number of hydrogen-bond donors (Lipinski definition) is 2. The molecule has 7 heteroatoms. The third kappa shape index (κ3) is 5.53. The minimum absolute atomic E-state index is 0.118. The smallest absolute Gasteiger partial charge is 0.253 e. The Kier molecular flexibility index (Phi) is 6.11. The van der Waals surface area contributed by atoms with E-state index in [4.69, 9.17) is 9.26 Å². The van der Waals surface area contributed by atoms with Gasteiger partial charge in [-0.25, -0.2) is 4.98 Å². The summed E-state index contributed by atoms with van der Waals surface area (Å²) in [6, 6.07) is 5.82. The van der Waals surface area contributed by atoms with Crippen molar-refractivity contribution in [3.8, 4) is 0 Å². The summed E-state index contributed by atoms with van der Waals surface area (Å²) in [5.74, 6) is 1.24. The van der Waals surface area contributed by atoms with Gasteiger partial charge in [-0.15, -0.1) is 0 Å². The van der Waals surface area contributed by atoms with Crippen molar-refractivity contribution in [2.75, 3.05) is 11.9 Å². The predicted octanol–water partition coefficient (Wildman–Crippen LogP) is 3.32. The summed E-state index contributed by atoms with van der Waals surface area (Å²) in [7, 11) is 0. The van der Waals surface area contributed by atoms with Gasteiger partial charge in [-0.2, -0.15) is 0 Å². The Morgan fingerprint density at radius 2 is 2.22 bits per heavy atom. The van der Waals surface area contributed by atoms with Gasteiger partial charge in [0.2, 0.25) is 0 Å². The first-order valence-electron chi connectivity index (χ1n) is 9.54. The molecule has 1 amide bonds. The van der Waals surface area contributed by atoms with Crippen molar-refractivity contribution in [3.63, 3.8) is 0 Å². The first kappa shape index (κ1) is 19.4. The first-order valence-corrected chi connectivity index (χ1v) is 9.54. The summed E-state index contributed by atoms with van der Waals surface area (Å²) in [6.07, 6.45) is 5.35. The number of amides is 1. The minimum Gasteiger partial charge on any atom is -0.375 e. The van der Waals surface area contributed by atoms with Crippen LogP contribution in [0.2, 0.25) is 0 Å². The van der Waals surface area contributed by atoms with Crippen molar-refractivity contribution in [2.24, 2.45) is 0 Å². The minimum atomic E-state index is -0.185. The van der Waals surface area contributed by atoms with Crippen molar-refractivity contribution in [1.29, 1.82) is 0 Å². The van der Waals surface area contributed by atoms with Crippen molar-refractivity contribution in [3.05, 3.63) is 41.4 Å². The SMILES string of the molecule is CCCc1cc(CNC(=O)c2ccc(N[C@H]3CCOC(C)(C)C3)nc2)on1. The number of hydrogen-bond acceptors (Lipinski definition) is 6. The third-order valence-electron chi connectivity index (χ3n) is 4.61. The van der Waals surface area contributed by atoms with Gasteiger partial charge in [0, 0.05) is 24.9 Å². The maximum absolute atomic E-state index is 12.3. The van der Waals surface area contributed by atoms with Crippen LogP contribution in [0.4, 0.5) is 5.82 Å². The maximum Gasteiger partial charge on any atom is 0.253 e. The molecule has 1 aliphatic rings. The standard InChI is InChI=1S/C20H28N4O3/c1-4-5-15-10-17(27-24-15)13-22-19(25)14-6-7-18(21-12-14)23-16-8-9-26-20(2,3)11-16/h6-7,10,12,16H,4-5,8-9,11,13H2,1-3H3,(H,21,23)(H,22,25)/t16-/m0/s1. The highest BCUT2D eigenvalue weighted by Gasteiger charge is 2.28. The average molecular weight is 372 g/mol. The van der Waals surface area contributed by atoms with E-state index in [2.05, 4.69) is 41.5 Å². The topological polar surface area (TPSA) is 89.3 Å². The lowest BCUT2D eigenvalue weighted by molar-refractivity contribution is -0.0553. The Morgan fingerprint density at radius 3 is 2.93 bits per heavy atom. The zero-order valence-corrected chi connectivity index (χ0v) is 16.2. The first-order chi connectivity index (χ1) is 12.9. The summed E-state index contributed by atoms with van der Waals surface area (Å²) in [5.41, 5.74) is 1.31. The molecule has 2 N–H and O–H groups in total. The Labute approximate surface area is 159 Å². The molecule has 1 fully saturated rings. The number of rotatable bonds is 7. The van der Waals surface area contributed by atoms with Gasteiger partial charge in [0.25, 0.3) is 5.91 Å². The Balaban J connectivity index is 1.50. The normalized spacial score (nSPS) is 18.9. The quantitative estimate of drug-likeness (QED) is 0.775. The van der Waals surface area contributed by atoms with Gasteiger partial charge in [0.1, 0.15) is 5.82 Å². The van der Waals surface area contributed by atoms with Crippen molar-refractivity contribution < 1.29 is 14.1 Å². The molecule has 0 saturated carbocycles. The van der Waals surface area contributed by atoms with E-state index < -0.39 is 0 Å². The van der Waals surface area contributed by atoms with Crippen molar-refractivity contribution >= 4 is 11.7 Å². The van der Waals surface area contributed by atoms with Gasteiger partial charge >= 0.3 is 0 Å². The van der Waals surface area contributed by atoms with Crippen LogP contribution >= 0.6 is 0 Å². The van der Waals surface area contributed by atoms with Gasteiger partial charge in [0.05, 0.1) is 23.4 Å². The highest BCUT2D eigenvalue weighted by Crippen LogP contribution is 2.25. The third-order valence-corrected chi connectivity index (χ3v) is 4.61. The highest BCUT2D eigenvalue weighted by molar-refractivity contribution is 5.93. The lowest BCUT2D eigenvalue weighted by Crippen LogP contribution is -2.40.